The maximum absolute atomic E-state index is 9.10. The van der Waals surface area contributed by atoms with Gasteiger partial charge in [-0.15, -0.1) is 22.7 Å². The Balaban J connectivity index is 2.37. The van der Waals surface area contributed by atoms with E-state index >= 15 is 0 Å². The molecule has 0 N–H and O–H groups in total. The van der Waals surface area contributed by atoms with Gasteiger partial charge in [-0.2, -0.15) is 5.26 Å². The summed E-state index contributed by atoms with van der Waals surface area (Å²) in [5.74, 6) is 0. The van der Waals surface area contributed by atoms with E-state index in [1.54, 1.807) is 11.3 Å². The van der Waals surface area contributed by atoms with E-state index in [-0.39, 0.29) is 0 Å². The minimum Gasteiger partial charge on any atom is -0.241 e. The zero-order valence-electron chi connectivity index (χ0n) is 8.40. The standard InChI is InChI=1S/C11H7BrN2S2/c1-7-6-15-11(14-7)8(5-13)4-9-2-3-10(12)16-9/h2-4,6H,1H3/b8-4+. The highest BCUT2D eigenvalue weighted by Crippen LogP contribution is 2.27. The van der Waals surface area contributed by atoms with Crippen molar-refractivity contribution in [3.05, 3.63) is 36.9 Å². The third kappa shape index (κ3) is 2.59. The van der Waals surface area contributed by atoms with Crippen molar-refractivity contribution in [2.24, 2.45) is 0 Å². The smallest absolute Gasteiger partial charge is 0.134 e. The van der Waals surface area contributed by atoms with Crippen LogP contribution >= 0.6 is 38.6 Å². The first kappa shape index (κ1) is 11.5. The molecule has 0 saturated carbocycles. The molecule has 0 fully saturated rings. The maximum Gasteiger partial charge on any atom is 0.134 e. The van der Waals surface area contributed by atoms with Crippen LogP contribution in [0.5, 0.6) is 0 Å². The van der Waals surface area contributed by atoms with Gasteiger partial charge in [-0.1, -0.05) is 0 Å². The molecule has 0 radical (unpaired) electrons. The molecule has 0 aliphatic rings. The first-order valence-corrected chi connectivity index (χ1v) is 6.97. The van der Waals surface area contributed by atoms with Gasteiger partial charge < -0.3 is 0 Å². The van der Waals surface area contributed by atoms with Gasteiger partial charge in [0.1, 0.15) is 11.1 Å². The van der Waals surface area contributed by atoms with Crippen molar-refractivity contribution in [3.63, 3.8) is 0 Å². The molecule has 80 valence electrons. The van der Waals surface area contributed by atoms with Crippen LogP contribution in [0.1, 0.15) is 15.6 Å². The third-order valence-electron chi connectivity index (χ3n) is 1.85. The molecule has 0 spiro atoms. The number of aromatic nitrogens is 1. The summed E-state index contributed by atoms with van der Waals surface area (Å²) in [5.41, 5.74) is 1.57. The zero-order chi connectivity index (χ0) is 11.5. The number of rotatable bonds is 2. The lowest BCUT2D eigenvalue weighted by molar-refractivity contribution is 1.25. The Morgan fingerprint density at radius 1 is 1.56 bits per heavy atom. The number of nitriles is 1. The fourth-order valence-corrected chi connectivity index (χ4v) is 3.30. The molecule has 2 heterocycles. The van der Waals surface area contributed by atoms with Crippen LogP contribution in [0.4, 0.5) is 0 Å². The van der Waals surface area contributed by atoms with Crippen LogP contribution in [0.25, 0.3) is 11.6 Å². The van der Waals surface area contributed by atoms with E-state index in [2.05, 4.69) is 27.0 Å². The highest BCUT2D eigenvalue weighted by molar-refractivity contribution is 9.11. The Morgan fingerprint density at radius 3 is 2.88 bits per heavy atom. The largest absolute Gasteiger partial charge is 0.241 e. The third-order valence-corrected chi connectivity index (χ3v) is 4.41. The van der Waals surface area contributed by atoms with Crippen molar-refractivity contribution in [2.45, 2.75) is 6.92 Å². The lowest BCUT2D eigenvalue weighted by Crippen LogP contribution is -1.79. The Kier molecular flexibility index (Phi) is 3.54. The zero-order valence-corrected chi connectivity index (χ0v) is 11.6. The summed E-state index contributed by atoms with van der Waals surface area (Å²) in [6.45, 7) is 1.93. The first-order chi connectivity index (χ1) is 7.69. The van der Waals surface area contributed by atoms with Gasteiger partial charge in [-0.3, -0.25) is 0 Å². The summed E-state index contributed by atoms with van der Waals surface area (Å²) in [6.07, 6.45) is 1.87. The van der Waals surface area contributed by atoms with E-state index in [9.17, 15) is 0 Å². The topological polar surface area (TPSA) is 36.7 Å². The molecule has 0 aromatic carbocycles. The van der Waals surface area contributed by atoms with Crippen molar-refractivity contribution >= 4 is 50.3 Å². The molecule has 0 amide bonds. The van der Waals surface area contributed by atoms with Gasteiger partial charge in [0.05, 0.1) is 9.36 Å². The van der Waals surface area contributed by atoms with E-state index in [0.717, 1.165) is 19.4 Å². The minimum atomic E-state index is 0.618. The van der Waals surface area contributed by atoms with Gasteiger partial charge >= 0.3 is 0 Å². The molecular formula is C11H7BrN2S2. The summed E-state index contributed by atoms with van der Waals surface area (Å²) in [4.78, 5) is 5.36. The maximum atomic E-state index is 9.10. The molecule has 5 heteroatoms. The second-order valence-electron chi connectivity index (χ2n) is 3.11. The summed E-state index contributed by atoms with van der Waals surface area (Å²) >= 11 is 6.50. The molecule has 2 nitrogen and oxygen atoms in total. The number of aryl methyl sites for hydroxylation is 1. The van der Waals surface area contributed by atoms with Gasteiger partial charge in [0, 0.05) is 16.0 Å². The number of thiophene rings is 1. The predicted octanol–water partition coefficient (Wildman–Crippen LogP) is 4.34. The van der Waals surface area contributed by atoms with E-state index in [4.69, 9.17) is 5.26 Å². The number of nitrogens with zero attached hydrogens (tertiary/aromatic N) is 2. The van der Waals surface area contributed by atoms with E-state index in [0.29, 0.717) is 5.57 Å². The van der Waals surface area contributed by atoms with Crippen LogP contribution in [0.15, 0.2) is 21.3 Å². The summed E-state index contributed by atoms with van der Waals surface area (Å²) in [6, 6.07) is 6.14. The summed E-state index contributed by atoms with van der Waals surface area (Å²) < 4.78 is 1.06. The van der Waals surface area contributed by atoms with Gasteiger partial charge in [0.2, 0.25) is 0 Å². The van der Waals surface area contributed by atoms with Gasteiger partial charge in [-0.25, -0.2) is 4.98 Å². The Labute approximate surface area is 110 Å². The van der Waals surface area contributed by atoms with Crippen molar-refractivity contribution in [3.8, 4) is 6.07 Å². The summed E-state index contributed by atoms with van der Waals surface area (Å²) in [7, 11) is 0. The number of hydrogen-bond acceptors (Lipinski definition) is 4. The SMILES string of the molecule is Cc1csc(/C(C#N)=C/c2ccc(Br)s2)n1. The predicted molar refractivity (Wildman–Crippen MR) is 72.4 cm³/mol. The van der Waals surface area contributed by atoms with E-state index < -0.39 is 0 Å². The second kappa shape index (κ2) is 4.91. The number of allylic oxidation sites excluding steroid dienone is 1. The van der Waals surface area contributed by atoms with Crippen molar-refractivity contribution in [2.75, 3.05) is 0 Å². The molecule has 2 aromatic rings. The lowest BCUT2D eigenvalue weighted by Gasteiger charge is -1.90. The number of hydrogen-bond donors (Lipinski definition) is 0. The molecule has 0 aliphatic carbocycles. The van der Waals surface area contributed by atoms with Crippen LogP contribution in [0.3, 0.4) is 0 Å². The van der Waals surface area contributed by atoms with Crippen LogP contribution in [-0.2, 0) is 0 Å². The molecule has 16 heavy (non-hydrogen) atoms. The van der Waals surface area contributed by atoms with Gasteiger partial charge in [0.25, 0.3) is 0 Å². The minimum absolute atomic E-state index is 0.618. The van der Waals surface area contributed by atoms with Gasteiger partial charge in [0.15, 0.2) is 0 Å². The molecule has 0 bridgehead atoms. The van der Waals surface area contributed by atoms with Crippen LogP contribution < -0.4 is 0 Å². The Morgan fingerprint density at radius 2 is 2.38 bits per heavy atom. The number of halogens is 1. The molecule has 2 aromatic heterocycles. The quantitative estimate of drug-likeness (QED) is 0.774. The van der Waals surface area contributed by atoms with Crippen molar-refractivity contribution in [1.82, 2.24) is 4.98 Å². The molecule has 0 atom stereocenters. The van der Waals surface area contributed by atoms with Crippen LogP contribution in [0, 0.1) is 18.3 Å². The molecule has 0 unspecified atom stereocenters. The van der Waals surface area contributed by atoms with Crippen LogP contribution in [0.2, 0.25) is 0 Å². The normalized spacial score (nSPS) is 11.4. The van der Waals surface area contributed by atoms with Crippen molar-refractivity contribution < 1.29 is 0 Å². The fourth-order valence-electron chi connectivity index (χ4n) is 1.17. The monoisotopic (exact) mass is 310 g/mol. The Bertz CT molecular complexity index is 575. The van der Waals surface area contributed by atoms with E-state index in [1.807, 2.05) is 30.5 Å². The highest BCUT2D eigenvalue weighted by atomic mass is 79.9. The summed E-state index contributed by atoms with van der Waals surface area (Å²) in [5, 5.41) is 11.8. The second-order valence-corrected chi connectivity index (χ2v) is 6.46. The average molecular weight is 311 g/mol. The van der Waals surface area contributed by atoms with E-state index in [1.165, 1.54) is 11.3 Å². The highest BCUT2D eigenvalue weighted by Gasteiger charge is 2.06. The first-order valence-electron chi connectivity index (χ1n) is 4.48. The van der Waals surface area contributed by atoms with Crippen LogP contribution in [-0.4, -0.2) is 4.98 Å². The molecule has 0 saturated heterocycles. The molecular weight excluding hydrogens is 304 g/mol. The molecule has 2 rings (SSSR count). The molecule has 0 aliphatic heterocycles. The Hall–Kier alpha value is -0.960. The fraction of sp³-hybridized carbons (Fsp3) is 0.0909. The van der Waals surface area contributed by atoms with Crippen molar-refractivity contribution in [1.29, 1.82) is 5.26 Å². The van der Waals surface area contributed by atoms with Gasteiger partial charge in [-0.05, 0) is 41.1 Å². The number of thiazole rings is 1. The average Bonchev–Trinajstić information content (AvgIpc) is 2.84. The lowest BCUT2D eigenvalue weighted by atomic mass is 10.2.